The van der Waals surface area contributed by atoms with Gasteiger partial charge in [-0.05, 0) is 45.5 Å². The number of para-hydroxylation sites is 1. The van der Waals surface area contributed by atoms with Crippen LogP contribution in [0.25, 0.3) is 0 Å². The smallest absolute Gasteiger partial charge is 0.270 e. The van der Waals surface area contributed by atoms with E-state index in [1.807, 2.05) is 32.0 Å². The Bertz CT molecular complexity index is 759. The fourth-order valence-corrected chi connectivity index (χ4v) is 3.06. The highest BCUT2D eigenvalue weighted by Gasteiger charge is 2.20. The van der Waals surface area contributed by atoms with Gasteiger partial charge < -0.3 is 15.1 Å². The molecule has 1 aromatic heterocycles. The molecule has 1 aliphatic heterocycles. The zero-order chi connectivity index (χ0) is 17.8. The van der Waals surface area contributed by atoms with E-state index in [1.165, 1.54) is 11.3 Å². The lowest BCUT2D eigenvalue weighted by atomic mass is 10.0. The Morgan fingerprint density at radius 1 is 1.28 bits per heavy atom. The Kier molecular flexibility index (Phi) is 5.28. The second-order valence-electron chi connectivity index (χ2n) is 6.60. The molecule has 0 spiro atoms. The number of amides is 1. The van der Waals surface area contributed by atoms with Crippen LogP contribution in [0.4, 0.5) is 11.5 Å². The van der Waals surface area contributed by atoms with E-state index in [4.69, 9.17) is 0 Å². The van der Waals surface area contributed by atoms with E-state index >= 15 is 0 Å². The van der Waals surface area contributed by atoms with Crippen LogP contribution in [0.5, 0.6) is 0 Å². The molecule has 2 heterocycles. The van der Waals surface area contributed by atoms with Crippen LogP contribution in [-0.4, -0.2) is 54.5 Å². The molecule has 0 radical (unpaired) electrons. The van der Waals surface area contributed by atoms with Gasteiger partial charge in [0.05, 0.1) is 0 Å². The van der Waals surface area contributed by atoms with Crippen LogP contribution in [0.3, 0.4) is 0 Å². The van der Waals surface area contributed by atoms with E-state index in [-0.39, 0.29) is 5.91 Å². The lowest BCUT2D eigenvalue weighted by molar-refractivity contribution is 0.0945. The van der Waals surface area contributed by atoms with E-state index in [1.54, 1.807) is 6.07 Å². The van der Waals surface area contributed by atoms with Crippen molar-refractivity contribution in [2.45, 2.75) is 19.8 Å². The summed E-state index contributed by atoms with van der Waals surface area (Å²) >= 11 is 0. The van der Waals surface area contributed by atoms with Crippen molar-refractivity contribution in [1.82, 2.24) is 20.2 Å². The molecule has 132 valence electrons. The van der Waals surface area contributed by atoms with Crippen LogP contribution in [0, 0.1) is 6.92 Å². The highest BCUT2D eigenvalue weighted by molar-refractivity contribution is 5.93. The van der Waals surface area contributed by atoms with Crippen molar-refractivity contribution in [2.75, 3.05) is 38.6 Å². The van der Waals surface area contributed by atoms with Gasteiger partial charge >= 0.3 is 0 Å². The fourth-order valence-electron chi connectivity index (χ4n) is 3.06. The number of carbonyl (C=O) groups excluding carboxylic acids is 1. The lowest BCUT2D eigenvalue weighted by Gasteiger charge is -2.30. The van der Waals surface area contributed by atoms with Gasteiger partial charge in [-0.3, -0.25) is 4.79 Å². The normalized spacial score (nSPS) is 13.7. The Labute approximate surface area is 148 Å². The summed E-state index contributed by atoms with van der Waals surface area (Å²) in [4.78, 5) is 25.5. The average molecular weight is 339 g/mol. The summed E-state index contributed by atoms with van der Waals surface area (Å²) in [6.45, 7) is 4.12. The molecule has 0 saturated carbocycles. The van der Waals surface area contributed by atoms with Gasteiger partial charge in [-0.15, -0.1) is 0 Å². The summed E-state index contributed by atoms with van der Waals surface area (Å²) in [5.74, 6) is 1.25. The number of benzene rings is 1. The number of carbonyl (C=O) groups is 1. The summed E-state index contributed by atoms with van der Waals surface area (Å²) in [7, 11) is 3.96. The van der Waals surface area contributed by atoms with E-state index in [2.05, 4.69) is 38.4 Å². The van der Waals surface area contributed by atoms with Gasteiger partial charge in [-0.2, -0.15) is 0 Å². The molecule has 0 atom stereocenters. The Balaban J connectivity index is 1.84. The molecule has 1 N–H and O–H groups in total. The summed E-state index contributed by atoms with van der Waals surface area (Å²) < 4.78 is 0. The molecule has 2 aromatic rings. The maximum Gasteiger partial charge on any atom is 0.270 e. The molecule has 1 amide bonds. The predicted molar refractivity (Wildman–Crippen MR) is 99.4 cm³/mol. The Morgan fingerprint density at radius 3 is 2.88 bits per heavy atom. The summed E-state index contributed by atoms with van der Waals surface area (Å²) in [5.41, 5.74) is 2.91. The third kappa shape index (κ3) is 4.14. The number of hydrogen-bond acceptors (Lipinski definition) is 5. The van der Waals surface area contributed by atoms with Gasteiger partial charge in [-0.1, -0.05) is 18.2 Å². The molecule has 3 rings (SSSR count). The second-order valence-corrected chi connectivity index (χ2v) is 6.60. The molecule has 0 bridgehead atoms. The topological polar surface area (TPSA) is 61.4 Å². The number of aromatic nitrogens is 2. The first-order valence-electron chi connectivity index (χ1n) is 8.68. The van der Waals surface area contributed by atoms with Crippen LogP contribution in [0.15, 0.2) is 30.3 Å². The first kappa shape index (κ1) is 17.4. The number of nitrogens with one attached hydrogen (secondary N) is 1. The monoisotopic (exact) mass is 339 g/mol. The number of anilines is 2. The van der Waals surface area contributed by atoms with E-state index < -0.39 is 0 Å². The van der Waals surface area contributed by atoms with Gasteiger partial charge in [0.25, 0.3) is 5.91 Å². The molecule has 0 unspecified atom stereocenters. The number of fused-ring (bicyclic) bond motifs is 1. The van der Waals surface area contributed by atoms with Crippen molar-refractivity contribution in [3.8, 4) is 0 Å². The van der Waals surface area contributed by atoms with Gasteiger partial charge in [0.15, 0.2) is 0 Å². The van der Waals surface area contributed by atoms with Crippen molar-refractivity contribution < 1.29 is 4.79 Å². The Hall–Kier alpha value is -2.47. The number of rotatable bonds is 5. The van der Waals surface area contributed by atoms with Crippen molar-refractivity contribution in [3.05, 3.63) is 47.4 Å². The number of aryl methyl sites for hydroxylation is 2. The molecule has 6 heteroatoms. The van der Waals surface area contributed by atoms with Gasteiger partial charge in [0.2, 0.25) is 0 Å². The highest BCUT2D eigenvalue weighted by atomic mass is 16.1. The van der Waals surface area contributed by atoms with Crippen LogP contribution in [0.1, 0.15) is 28.3 Å². The average Bonchev–Trinajstić information content (AvgIpc) is 2.60. The van der Waals surface area contributed by atoms with Crippen LogP contribution in [-0.2, 0) is 6.42 Å². The number of nitrogens with zero attached hydrogens (tertiary/aromatic N) is 4. The minimum Gasteiger partial charge on any atom is -0.349 e. The van der Waals surface area contributed by atoms with Crippen LogP contribution < -0.4 is 10.2 Å². The molecule has 0 aliphatic carbocycles. The van der Waals surface area contributed by atoms with Gasteiger partial charge in [-0.25, -0.2) is 9.97 Å². The molecular formula is C19H25N5O. The lowest BCUT2D eigenvalue weighted by Crippen LogP contribution is -2.32. The molecule has 25 heavy (non-hydrogen) atoms. The highest BCUT2D eigenvalue weighted by Crippen LogP contribution is 2.32. The Morgan fingerprint density at radius 2 is 2.08 bits per heavy atom. The number of likely N-dealkylation sites (N-methyl/N-ethyl adjacent to an activating group) is 1. The predicted octanol–water partition coefficient (Wildman–Crippen LogP) is 2.16. The maximum absolute atomic E-state index is 12.4. The first-order chi connectivity index (χ1) is 12.0. The summed E-state index contributed by atoms with van der Waals surface area (Å²) in [5, 5.41) is 2.92. The van der Waals surface area contributed by atoms with Crippen LogP contribution in [0.2, 0.25) is 0 Å². The standard InChI is InChI=1S/C19H25N5O/c1-14-21-16(19(25)20-10-12-23(2)3)13-18(22-14)24-11-6-8-15-7-4-5-9-17(15)24/h4-5,7,9,13H,6,8,10-12H2,1-3H3,(H,20,25). The quantitative estimate of drug-likeness (QED) is 0.904. The zero-order valence-electron chi connectivity index (χ0n) is 15.1. The van der Waals surface area contributed by atoms with Crippen molar-refractivity contribution in [1.29, 1.82) is 0 Å². The molecule has 6 nitrogen and oxygen atoms in total. The van der Waals surface area contributed by atoms with Crippen molar-refractivity contribution in [2.24, 2.45) is 0 Å². The fraction of sp³-hybridized carbons (Fsp3) is 0.421. The third-order valence-electron chi connectivity index (χ3n) is 4.29. The van der Waals surface area contributed by atoms with Gasteiger partial charge in [0.1, 0.15) is 17.3 Å². The molecular weight excluding hydrogens is 314 g/mol. The molecule has 0 fully saturated rings. The first-order valence-corrected chi connectivity index (χ1v) is 8.68. The summed E-state index contributed by atoms with van der Waals surface area (Å²) in [6.07, 6.45) is 2.15. The van der Waals surface area contributed by atoms with E-state index in [9.17, 15) is 4.79 Å². The maximum atomic E-state index is 12.4. The number of hydrogen-bond donors (Lipinski definition) is 1. The SMILES string of the molecule is Cc1nc(C(=O)NCCN(C)C)cc(N2CCCc3ccccc32)n1. The second kappa shape index (κ2) is 7.61. The molecule has 1 aliphatic rings. The third-order valence-corrected chi connectivity index (χ3v) is 4.29. The van der Waals surface area contributed by atoms with Crippen molar-refractivity contribution in [3.63, 3.8) is 0 Å². The largest absolute Gasteiger partial charge is 0.349 e. The van der Waals surface area contributed by atoms with Gasteiger partial charge in [0, 0.05) is 31.4 Å². The minimum absolute atomic E-state index is 0.154. The van der Waals surface area contributed by atoms with E-state index in [0.717, 1.165) is 31.7 Å². The molecule has 1 aromatic carbocycles. The molecule has 0 saturated heterocycles. The summed E-state index contributed by atoms with van der Waals surface area (Å²) in [6, 6.07) is 10.2. The van der Waals surface area contributed by atoms with E-state index in [0.29, 0.717) is 18.1 Å². The van der Waals surface area contributed by atoms with Crippen molar-refractivity contribution >= 4 is 17.4 Å². The zero-order valence-corrected chi connectivity index (χ0v) is 15.1. The minimum atomic E-state index is -0.154. The van der Waals surface area contributed by atoms with Crippen LogP contribution >= 0.6 is 0 Å².